The molecular formula is C43H47N5O5S. The van der Waals surface area contributed by atoms with E-state index in [1.54, 1.807) is 58.1 Å². The molecule has 2 amide bonds. The molecule has 0 aliphatic carbocycles. The van der Waals surface area contributed by atoms with E-state index in [1.165, 1.54) is 0 Å². The van der Waals surface area contributed by atoms with Crippen LogP contribution in [0.5, 0.6) is 11.5 Å². The monoisotopic (exact) mass is 745 g/mol. The number of amides is 2. The van der Waals surface area contributed by atoms with Crippen LogP contribution in [0.25, 0.3) is 5.69 Å². The molecule has 280 valence electrons. The predicted octanol–water partition coefficient (Wildman–Crippen LogP) is 8.22. The minimum absolute atomic E-state index is 0.149. The Morgan fingerprint density at radius 1 is 0.889 bits per heavy atom. The molecule has 0 spiro atoms. The van der Waals surface area contributed by atoms with Crippen LogP contribution in [0.2, 0.25) is 0 Å². The van der Waals surface area contributed by atoms with Crippen molar-refractivity contribution in [2.75, 3.05) is 17.8 Å². The van der Waals surface area contributed by atoms with Crippen molar-refractivity contribution in [3.63, 3.8) is 0 Å². The van der Waals surface area contributed by atoms with E-state index in [9.17, 15) is 18.6 Å². The molecule has 10 nitrogen and oxygen atoms in total. The number of carbonyl (C=O) groups excluding carboxylic acids is 3. The van der Waals surface area contributed by atoms with Gasteiger partial charge in [-0.3, -0.25) is 9.59 Å². The third-order valence-corrected chi connectivity index (χ3v) is 10.7. The maximum Gasteiger partial charge on any atom is 0.274 e. The highest BCUT2D eigenvalue weighted by atomic mass is 32.2. The third-order valence-electron chi connectivity index (χ3n) is 9.62. The highest BCUT2D eigenvalue weighted by Gasteiger charge is 2.32. The van der Waals surface area contributed by atoms with Crippen LogP contribution in [0.1, 0.15) is 82.8 Å². The lowest BCUT2D eigenvalue weighted by Gasteiger charge is -2.34. The van der Waals surface area contributed by atoms with Gasteiger partial charge in [0.15, 0.2) is 5.69 Å². The van der Waals surface area contributed by atoms with Gasteiger partial charge in [0, 0.05) is 37.4 Å². The van der Waals surface area contributed by atoms with Gasteiger partial charge in [-0.25, -0.2) is 8.89 Å². The summed E-state index contributed by atoms with van der Waals surface area (Å²) in [5.74, 6) is 0.785. The Morgan fingerprint density at radius 3 is 2.19 bits per heavy atom. The number of hydrogen-bond donors (Lipinski definition) is 1. The first-order chi connectivity index (χ1) is 26.2. The Bertz CT molecular complexity index is 2120. The van der Waals surface area contributed by atoms with Crippen molar-refractivity contribution in [2.24, 2.45) is 0 Å². The molecule has 2 heterocycles. The van der Waals surface area contributed by atoms with Crippen molar-refractivity contribution in [3.8, 4) is 17.2 Å². The Hall–Kier alpha value is -5.55. The number of anilines is 1. The minimum Gasteiger partial charge on any atom is -0.457 e. The Kier molecular flexibility index (Phi) is 12.4. The van der Waals surface area contributed by atoms with Gasteiger partial charge in [0.25, 0.3) is 11.8 Å². The topological polar surface area (TPSA) is 114 Å². The zero-order valence-electron chi connectivity index (χ0n) is 31.3. The van der Waals surface area contributed by atoms with Gasteiger partial charge < -0.3 is 24.1 Å². The maximum atomic E-state index is 14.6. The van der Waals surface area contributed by atoms with Crippen molar-refractivity contribution in [1.82, 2.24) is 19.6 Å². The van der Waals surface area contributed by atoms with Crippen LogP contribution in [0.4, 0.5) is 5.69 Å². The number of benzene rings is 4. The van der Waals surface area contributed by atoms with Crippen LogP contribution in [0.3, 0.4) is 0 Å². The first kappa shape index (κ1) is 38.2. The lowest BCUT2D eigenvalue weighted by Crippen LogP contribution is -2.45. The van der Waals surface area contributed by atoms with Crippen molar-refractivity contribution in [1.29, 1.82) is 0 Å². The van der Waals surface area contributed by atoms with Crippen molar-refractivity contribution < 1.29 is 23.3 Å². The van der Waals surface area contributed by atoms with Gasteiger partial charge in [0.05, 0.1) is 22.2 Å². The third kappa shape index (κ3) is 8.80. The summed E-state index contributed by atoms with van der Waals surface area (Å²) in [5.41, 5.74) is 5.24. The molecule has 5 aromatic rings. The summed E-state index contributed by atoms with van der Waals surface area (Å²) in [5, 5.41) is 4.75. The molecule has 4 aromatic carbocycles. The first-order valence-corrected chi connectivity index (χ1v) is 19.7. The summed E-state index contributed by atoms with van der Waals surface area (Å²) < 4.78 is 24.2. The van der Waals surface area contributed by atoms with E-state index in [-0.39, 0.29) is 23.9 Å². The number of nitrogens with zero attached hydrogens (tertiary/aromatic N) is 4. The number of unbranched alkanes of at least 4 members (excludes halogenated alkanes) is 2. The molecule has 1 aromatic heterocycles. The van der Waals surface area contributed by atoms with Gasteiger partial charge >= 0.3 is 0 Å². The van der Waals surface area contributed by atoms with E-state index in [0.29, 0.717) is 58.7 Å². The molecule has 0 bridgehead atoms. The van der Waals surface area contributed by atoms with Gasteiger partial charge in [-0.1, -0.05) is 68.7 Å². The molecule has 6 rings (SSSR count). The lowest BCUT2D eigenvalue weighted by molar-refractivity contribution is -0.112. The quantitative estimate of drug-likeness (QED) is 0.108. The van der Waals surface area contributed by atoms with E-state index >= 15 is 0 Å². The molecule has 1 aliphatic heterocycles. The smallest absolute Gasteiger partial charge is 0.274 e. The molecule has 1 unspecified atom stereocenters. The van der Waals surface area contributed by atoms with Gasteiger partial charge in [-0.15, -0.1) is 0 Å². The van der Waals surface area contributed by atoms with Crippen LogP contribution in [0, 0.1) is 13.8 Å². The fourth-order valence-electron chi connectivity index (χ4n) is 6.54. The van der Waals surface area contributed by atoms with Crippen LogP contribution < -0.4 is 9.46 Å². The van der Waals surface area contributed by atoms with Crippen LogP contribution in [0.15, 0.2) is 102 Å². The lowest BCUT2D eigenvalue weighted by atomic mass is 9.93. The number of aromatic nitrogens is 2. The number of carbonyl (C=O) groups is 3. The van der Waals surface area contributed by atoms with E-state index in [1.807, 2.05) is 67.3 Å². The average molecular weight is 746 g/mol. The van der Waals surface area contributed by atoms with E-state index in [2.05, 4.69) is 18.6 Å². The highest BCUT2D eigenvalue weighted by molar-refractivity contribution is 7.86. The minimum atomic E-state index is -1.68. The molecule has 1 N–H and O–H groups in total. The summed E-state index contributed by atoms with van der Waals surface area (Å²) in [6.45, 7) is 9.60. The number of ether oxygens (including phenoxy) is 1. The molecule has 0 saturated carbocycles. The number of hydrogen-bond acceptors (Lipinski definition) is 6. The molecule has 11 heteroatoms. The fourth-order valence-corrected chi connectivity index (χ4v) is 7.38. The van der Waals surface area contributed by atoms with Gasteiger partial charge in [0.2, 0.25) is 0 Å². The van der Waals surface area contributed by atoms with Crippen LogP contribution in [-0.2, 0) is 28.7 Å². The van der Waals surface area contributed by atoms with E-state index < -0.39 is 17.0 Å². The average Bonchev–Trinajstić information content (AvgIpc) is 3.58. The second-order valence-electron chi connectivity index (χ2n) is 13.7. The van der Waals surface area contributed by atoms with Gasteiger partial charge in [-0.2, -0.15) is 5.10 Å². The second kappa shape index (κ2) is 17.5. The van der Waals surface area contributed by atoms with Crippen molar-refractivity contribution >= 4 is 34.8 Å². The van der Waals surface area contributed by atoms with Gasteiger partial charge in [-0.05, 0) is 98.5 Å². The Morgan fingerprint density at radius 2 is 1.54 bits per heavy atom. The standard InChI is InChI=1S/C43H47N5O5S/c1-5-7-23-46(24-8-6-2)43(51)40-25-31(4)48(44-40)41-22-15-34(27-39(41)42(50)47-28-33-12-10-9-11-32(33)26-35(47)29-49)45-54(52)38-20-18-37(19-21-38)53-36-16-13-30(3)14-17-36/h9-22,25,27,29,35,45H,5-8,23-24,26,28H2,1-4H3/t35-,54?/m0/s1. The Labute approximate surface area is 319 Å². The normalized spacial score (nSPS) is 14.2. The van der Waals surface area contributed by atoms with Gasteiger partial charge in [0.1, 0.15) is 28.8 Å². The molecule has 0 saturated heterocycles. The summed E-state index contributed by atoms with van der Waals surface area (Å²) in [6.07, 6.45) is 4.94. The van der Waals surface area contributed by atoms with Crippen LogP contribution in [-0.4, -0.2) is 61.0 Å². The van der Waals surface area contributed by atoms with Crippen molar-refractivity contribution in [2.45, 2.75) is 77.3 Å². The largest absolute Gasteiger partial charge is 0.457 e. The first-order valence-electron chi connectivity index (χ1n) is 18.6. The second-order valence-corrected chi connectivity index (χ2v) is 14.9. The molecule has 54 heavy (non-hydrogen) atoms. The maximum absolute atomic E-state index is 14.6. The Balaban J connectivity index is 1.32. The zero-order valence-corrected chi connectivity index (χ0v) is 32.1. The van der Waals surface area contributed by atoms with E-state index in [0.717, 1.165) is 48.7 Å². The number of nitrogens with one attached hydrogen (secondary N) is 1. The highest BCUT2D eigenvalue weighted by Crippen LogP contribution is 2.30. The summed E-state index contributed by atoms with van der Waals surface area (Å²) >= 11 is 0. The van der Waals surface area contributed by atoms with Crippen molar-refractivity contribution in [3.05, 3.63) is 131 Å². The molecule has 0 radical (unpaired) electrons. The fraction of sp³-hybridized carbons (Fsp3) is 0.302. The number of rotatable bonds is 15. The number of aldehydes is 1. The summed E-state index contributed by atoms with van der Waals surface area (Å²) in [7, 11) is -1.68. The predicted molar refractivity (Wildman–Crippen MR) is 212 cm³/mol. The molecule has 2 atom stereocenters. The zero-order chi connectivity index (χ0) is 38.2. The molecule has 1 aliphatic rings. The summed E-state index contributed by atoms with van der Waals surface area (Å²) in [6, 6.07) is 28.7. The number of fused-ring (bicyclic) bond motifs is 1. The van der Waals surface area contributed by atoms with Crippen LogP contribution >= 0.6 is 0 Å². The molecular weight excluding hydrogens is 699 g/mol. The van der Waals surface area contributed by atoms with E-state index in [4.69, 9.17) is 9.84 Å². The molecule has 0 fully saturated rings. The SMILES string of the molecule is CCCCN(CCCC)C(=O)c1cc(C)n(-c2ccc(NS(=O)c3ccc(Oc4ccc(C)cc4)cc3)cc2C(=O)N2Cc3ccccc3C[C@H]2C=O)n1. The summed E-state index contributed by atoms with van der Waals surface area (Å²) in [4.78, 5) is 44.7. The number of aryl methyl sites for hydroxylation is 2.